The van der Waals surface area contributed by atoms with Gasteiger partial charge in [0.1, 0.15) is 6.04 Å². The Morgan fingerprint density at radius 1 is 1.16 bits per heavy atom. The quantitative estimate of drug-likeness (QED) is 0.790. The number of ether oxygens (including phenoxy) is 2. The second-order valence-corrected chi connectivity index (χ2v) is 4.05. The third-order valence-electron chi connectivity index (χ3n) is 2.82. The number of methoxy groups -OCH3 is 2. The third kappa shape index (κ3) is 4.37. The lowest BCUT2D eigenvalue weighted by Gasteiger charge is -2.14. The lowest BCUT2D eigenvalue weighted by molar-refractivity contribution is -0.143. The molecule has 1 N–H and O–H groups in total. The summed E-state index contributed by atoms with van der Waals surface area (Å²) >= 11 is 0. The van der Waals surface area contributed by atoms with Crippen molar-refractivity contribution in [1.82, 2.24) is 5.32 Å². The summed E-state index contributed by atoms with van der Waals surface area (Å²) in [7, 11) is 2.72. The first-order valence-electron chi connectivity index (χ1n) is 6.10. The maximum atomic E-state index is 11.4. The Morgan fingerprint density at radius 3 is 2.26 bits per heavy atom. The van der Waals surface area contributed by atoms with E-state index in [0.29, 0.717) is 18.5 Å². The van der Waals surface area contributed by atoms with Gasteiger partial charge in [-0.2, -0.15) is 0 Å². The molecule has 0 bridgehead atoms. The van der Waals surface area contributed by atoms with E-state index in [1.807, 2.05) is 19.1 Å². The Bertz CT molecular complexity index is 428. The molecule has 0 spiro atoms. The Kier molecular flexibility index (Phi) is 6.02. The van der Waals surface area contributed by atoms with Crippen LogP contribution >= 0.6 is 0 Å². The first-order valence-corrected chi connectivity index (χ1v) is 6.10. The van der Waals surface area contributed by atoms with Gasteiger partial charge < -0.3 is 14.8 Å². The molecule has 1 atom stereocenters. The molecule has 0 saturated heterocycles. The molecule has 0 fully saturated rings. The normalized spacial score (nSPS) is 11.7. The van der Waals surface area contributed by atoms with E-state index in [9.17, 15) is 9.59 Å². The van der Waals surface area contributed by atoms with E-state index in [0.717, 1.165) is 5.56 Å². The zero-order valence-corrected chi connectivity index (χ0v) is 11.4. The summed E-state index contributed by atoms with van der Waals surface area (Å²) in [4.78, 5) is 22.7. The van der Waals surface area contributed by atoms with Crippen LogP contribution in [0.4, 0.5) is 0 Å². The zero-order valence-electron chi connectivity index (χ0n) is 11.4. The van der Waals surface area contributed by atoms with Crippen molar-refractivity contribution in [2.75, 3.05) is 14.2 Å². The number of carbonyl (C=O) groups excluding carboxylic acids is 2. The van der Waals surface area contributed by atoms with Gasteiger partial charge in [-0.15, -0.1) is 0 Å². The minimum absolute atomic E-state index is 0.270. The summed E-state index contributed by atoms with van der Waals surface area (Å²) in [5, 5.41) is 3.11. The highest BCUT2D eigenvalue weighted by atomic mass is 16.5. The monoisotopic (exact) mass is 265 g/mol. The Hall–Kier alpha value is -1.88. The SMILES string of the molecule is CCC(NCc1ccc(C(=O)OC)cc1)C(=O)OC. The van der Waals surface area contributed by atoms with Crippen LogP contribution in [0, 0.1) is 0 Å². The summed E-state index contributed by atoms with van der Waals surface area (Å²) in [6.07, 6.45) is 0.660. The highest BCUT2D eigenvalue weighted by Crippen LogP contribution is 2.06. The van der Waals surface area contributed by atoms with Crippen molar-refractivity contribution >= 4 is 11.9 Å². The lowest BCUT2D eigenvalue weighted by Crippen LogP contribution is -2.36. The van der Waals surface area contributed by atoms with Crippen LogP contribution in [0.15, 0.2) is 24.3 Å². The van der Waals surface area contributed by atoms with E-state index in [1.165, 1.54) is 14.2 Å². The summed E-state index contributed by atoms with van der Waals surface area (Å²) in [6.45, 7) is 2.45. The molecule has 0 aliphatic carbocycles. The lowest BCUT2D eigenvalue weighted by atomic mass is 10.1. The minimum Gasteiger partial charge on any atom is -0.468 e. The van der Waals surface area contributed by atoms with Crippen LogP contribution in [0.2, 0.25) is 0 Å². The van der Waals surface area contributed by atoms with Gasteiger partial charge in [-0.3, -0.25) is 4.79 Å². The molecule has 0 aliphatic rings. The predicted molar refractivity (Wildman–Crippen MR) is 70.7 cm³/mol. The molecule has 104 valence electrons. The Labute approximate surface area is 112 Å². The molecule has 1 aromatic carbocycles. The van der Waals surface area contributed by atoms with Gasteiger partial charge in [-0.25, -0.2) is 4.79 Å². The van der Waals surface area contributed by atoms with Gasteiger partial charge in [-0.1, -0.05) is 19.1 Å². The molecule has 0 aliphatic heterocycles. The molecule has 5 nitrogen and oxygen atoms in total. The van der Waals surface area contributed by atoms with Gasteiger partial charge in [0.05, 0.1) is 19.8 Å². The molecule has 0 saturated carbocycles. The number of hydrogen-bond donors (Lipinski definition) is 1. The van der Waals surface area contributed by atoms with Crippen LogP contribution in [0.1, 0.15) is 29.3 Å². The molecule has 0 radical (unpaired) electrons. The van der Waals surface area contributed by atoms with E-state index in [2.05, 4.69) is 10.1 Å². The fraction of sp³-hybridized carbons (Fsp3) is 0.429. The summed E-state index contributed by atoms with van der Waals surface area (Å²) in [5.74, 6) is -0.630. The number of esters is 2. The fourth-order valence-electron chi connectivity index (χ4n) is 1.65. The average molecular weight is 265 g/mol. The molecular weight excluding hydrogens is 246 g/mol. The maximum Gasteiger partial charge on any atom is 0.337 e. The highest BCUT2D eigenvalue weighted by molar-refractivity contribution is 5.89. The summed E-state index contributed by atoms with van der Waals surface area (Å²) in [5.41, 5.74) is 1.49. The van der Waals surface area contributed by atoms with Crippen molar-refractivity contribution in [3.63, 3.8) is 0 Å². The molecule has 0 heterocycles. The fourth-order valence-corrected chi connectivity index (χ4v) is 1.65. The van der Waals surface area contributed by atoms with Crippen LogP contribution in [-0.2, 0) is 20.8 Å². The molecule has 1 aromatic rings. The molecule has 0 aromatic heterocycles. The van der Waals surface area contributed by atoms with Gasteiger partial charge in [0, 0.05) is 6.54 Å². The van der Waals surface area contributed by atoms with E-state index in [1.54, 1.807) is 12.1 Å². The molecule has 5 heteroatoms. The van der Waals surface area contributed by atoms with E-state index in [-0.39, 0.29) is 18.0 Å². The van der Waals surface area contributed by atoms with Crippen LogP contribution in [0.25, 0.3) is 0 Å². The van der Waals surface area contributed by atoms with Crippen molar-refractivity contribution < 1.29 is 19.1 Å². The minimum atomic E-state index is -0.361. The largest absolute Gasteiger partial charge is 0.468 e. The summed E-state index contributed by atoms with van der Waals surface area (Å²) < 4.78 is 9.32. The summed E-state index contributed by atoms with van der Waals surface area (Å²) in [6, 6.07) is 6.72. The van der Waals surface area contributed by atoms with Crippen molar-refractivity contribution in [3.8, 4) is 0 Å². The third-order valence-corrected chi connectivity index (χ3v) is 2.82. The van der Waals surface area contributed by atoms with Gasteiger partial charge >= 0.3 is 11.9 Å². The molecule has 0 amide bonds. The predicted octanol–water partition coefficient (Wildman–Crippen LogP) is 1.51. The maximum absolute atomic E-state index is 11.4. The van der Waals surface area contributed by atoms with Crippen LogP contribution < -0.4 is 5.32 Å². The van der Waals surface area contributed by atoms with Crippen molar-refractivity contribution in [1.29, 1.82) is 0 Å². The molecule has 1 unspecified atom stereocenters. The van der Waals surface area contributed by atoms with Crippen LogP contribution in [0.5, 0.6) is 0 Å². The second kappa shape index (κ2) is 7.53. The number of carbonyl (C=O) groups is 2. The van der Waals surface area contributed by atoms with E-state index in [4.69, 9.17) is 4.74 Å². The van der Waals surface area contributed by atoms with Crippen LogP contribution in [-0.4, -0.2) is 32.2 Å². The first kappa shape index (κ1) is 15.2. The van der Waals surface area contributed by atoms with Crippen LogP contribution in [0.3, 0.4) is 0 Å². The van der Waals surface area contributed by atoms with E-state index < -0.39 is 0 Å². The standard InChI is InChI=1S/C14H19NO4/c1-4-12(14(17)19-3)15-9-10-5-7-11(8-6-10)13(16)18-2/h5-8,12,15H,4,9H2,1-3H3. The van der Waals surface area contributed by atoms with Gasteiger partial charge in [0.25, 0.3) is 0 Å². The Morgan fingerprint density at radius 2 is 1.79 bits per heavy atom. The molecule has 1 rings (SSSR count). The number of rotatable bonds is 6. The number of nitrogens with one attached hydrogen (secondary N) is 1. The second-order valence-electron chi connectivity index (χ2n) is 4.05. The topological polar surface area (TPSA) is 64.6 Å². The number of benzene rings is 1. The zero-order chi connectivity index (χ0) is 14.3. The van der Waals surface area contributed by atoms with E-state index >= 15 is 0 Å². The van der Waals surface area contributed by atoms with Gasteiger partial charge in [-0.05, 0) is 24.1 Å². The Balaban J connectivity index is 2.58. The van der Waals surface area contributed by atoms with Crippen molar-refractivity contribution in [3.05, 3.63) is 35.4 Å². The van der Waals surface area contributed by atoms with Crippen molar-refractivity contribution in [2.45, 2.75) is 25.9 Å². The molecule has 19 heavy (non-hydrogen) atoms. The van der Waals surface area contributed by atoms with Crippen molar-refractivity contribution in [2.24, 2.45) is 0 Å². The smallest absolute Gasteiger partial charge is 0.337 e. The highest BCUT2D eigenvalue weighted by Gasteiger charge is 2.15. The van der Waals surface area contributed by atoms with Gasteiger partial charge in [0.15, 0.2) is 0 Å². The van der Waals surface area contributed by atoms with Gasteiger partial charge in [0.2, 0.25) is 0 Å². The first-order chi connectivity index (χ1) is 9.12. The number of hydrogen-bond acceptors (Lipinski definition) is 5. The molecular formula is C14H19NO4. The average Bonchev–Trinajstić information content (AvgIpc) is 2.47.